The van der Waals surface area contributed by atoms with E-state index in [9.17, 15) is 4.39 Å². The third kappa shape index (κ3) is 4.90. The summed E-state index contributed by atoms with van der Waals surface area (Å²) in [5, 5.41) is 3.67. The maximum absolute atomic E-state index is 13.5. The molecule has 0 amide bonds. The Morgan fingerprint density at radius 2 is 1.90 bits per heavy atom. The fraction of sp³-hybridized carbons (Fsp3) is 0.667. The van der Waals surface area contributed by atoms with Crippen molar-refractivity contribution in [2.24, 2.45) is 5.92 Å². The van der Waals surface area contributed by atoms with E-state index in [1.54, 1.807) is 6.07 Å². The minimum atomic E-state index is -0.107. The first-order chi connectivity index (χ1) is 9.63. The molecule has 0 aliphatic heterocycles. The van der Waals surface area contributed by atoms with Crippen molar-refractivity contribution in [3.8, 4) is 0 Å². The lowest BCUT2D eigenvalue weighted by molar-refractivity contribution is 0.323. The highest BCUT2D eigenvalue weighted by Gasteiger charge is 2.21. The van der Waals surface area contributed by atoms with Crippen LogP contribution in [0.1, 0.15) is 70.0 Å². The molecule has 1 nitrogen and oxygen atoms in total. The molecule has 2 heteroatoms. The lowest BCUT2D eigenvalue weighted by Gasteiger charge is -2.28. The standard InChI is InChI=1S/C18H30FN/c1-5-8-9-15(7-3)18(20-12-6-2)16-10-11-17(19)14(4)13-16/h10-11,13,15,18,20H,5-9,12H2,1-4H3. The highest BCUT2D eigenvalue weighted by atomic mass is 19.1. The summed E-state index contributed by atoms with van der Waals surface area (Å²) in [5.74, 6) is 0.524. The number of nitrogens with one attached hydrogen (secondary N) is 1. The van der Waals surface area contributed by atoms with Gasteiger partial charge < -0.3 is 5.32 Å². The van der Waals surface area contributed by atoms with Crippen LogP contribution < -0.4 is 5.32 Å². The molecule has 1 aromatic carbocycles. The molecule has 0 aliphatic rings. The first kappa shape index (κ1) is 17.2. The number of unbranched alkanes of at least 4 members (excludes halogenated alkanes) is 1. The van der Waals surface area contributed by atoms with Gasteiger partial charge in [0.25, 0.3) is 0 Å². The molecule has 20 heavy (non-hydrogen) atoms. The Hall–Kier alpha value is -0.890. The minimum absolute atomic E-state index is 0.107. The summed E-state index contributed by atoms with van der Waals surface area (Å²) in [6.07, 6.45) is 6.03. The van der Waals surface area contributed by atoms with Crippen molar-refractivity contribution in [1.82, 2.24) is 5.32 Å². The zero-order chi connectivity index (χ0) is 15.0. The molecule has 2 unspecified atom stereocenters. The van der Waals surface area contributed by atoms with Crippen LogP contribution in [0.15, 0.2) is 18.2 Å². The van der Waals surface area contributed by atoms with Crippen LogP contribution in [0, 0.1) is 18.7 Å². The van der Waals surface area contributed by atoms with Gasteiger partial charge in [-0.25, -0.2) is 4.39 Å². The monoisotopic (exact) mass is 279 g/mol. The minimum Gasteiger partial charge on any atom is -0.310 e. The maximum Gasteiger partial charge on any atom is 0.126 e. The van der Waals surface area contributed by atoms with Crippen LogP contribution in [0.25, 0.3) is 0 Å². The van der Waals surface area contributed by atoms with Crippen molar-refractivity contribution in [3.63, 3.8) is 0 Å². The average molecular weight is 279 g/mol. The molecule has 1 N–H and O–H groups in total. The Morgan fingerprint density at radius 1 is 1.15 bits per heavy atom. The number of halogens is 1. The molecule has 0 heterocycles. The van der Waals surface area contributed by atoms with Gasteiger partial charge >= 0.3 is 0 Å². The van der Waals surface area contributed by atoms with E-state index >= 15 is 0 Å². The van der Waals surface area contributed by atoms with Crippen LogP contribution in [0.4, 0.5) is 4.39 Å². The van der Waals surface area contributed by atoms with Crippen molar-refractivity contribution in [2.45, 2.75) is 65.8 Å². The van der Waals surface area contributed by atoms with Crippen LogP contribution >= 0.6 is 0 Å². The molecule has 0 radical (unpaired) electrons. The normalized spacial score (nSPS) is 14.2. The molecule has 0 saturated heterocycles. The highest BCUT2D eigenvalue weighted by molar-refractivity contribution is 5.27. The highest BCUT2D eigenvalue weighted by Crippen LogP contribution is 2.30. The van der Waals surface area contributed by atoms with Crippen molar-refractivity contribution >= 4 is 0 Å². The smallest absolute Gasteiger partial charge is 0.126 e. The predicted molar refractivity (Wildman–Crippen MR) is 85.5 cm³/mol. The van der Waals surface area contributed by atoms with E-state index < -0.39 is 0 Å². The van der Waals surface area contributed by atoms with Crippen molar-refractivity contribution in [3.05, 3.63) is 35.1 Å². The molecule has 0 aliphatic carbocycles. The molecular formula is C18H30FN. The van der Waals surface area contributed by atoms with E-state index in [0.29, 0.717) is 12.0 Å². The average Bonchev–Trinajstić information content (AvgIpc) is 2.45. The molecule has 0 bridgehead atoms. The van der Waals surface area contributed by atoms with Gasteiger partial charge in [0, 0.05) is 6.04 Å². The van der Waals surface area contributed by atoms with Gasteiger partial charge in [-0.2, -0.15) is 0 Å². The fourth-order valence-corrected chi connectivity index (χ4v) is 2.79. The van der Waals surface area contributed by atoms with Gasteiger partial charge in [0.1, 0.15) is 5.82 Å². The summed E-state index contributed by atoms with van der Waals surface area (Å²) < 4.78 is 13.5. The summed E-state index contributed by atoms with van der Waals surface area (Å²) in [5.41, 5.74) is 1.98. The zero-order valence-corrected chi connectivity index (χ0v) is 13.5. The van der Waals surface area contributed by atoms with Gasteiger partial charge in [-0.05, 0) is 49.4 Å². The number of hydrogen-bond donors (Lipinski definition) is 1. The lowest BCUT2D eigenvalue weighted by atomic mass is 9.86. The van der Waals surface area contributed by atoms with Crippen LogP contribution in [-0.2, 0) is 0 Å². The second kappa shape index (κ2) is 9.12. The Morgan fingerprint density at radius 3 is 2.45 bits per heavy atom. The summed E-state index contributed by atoms with van der Waals surface area (Å²) >= 11 is 0. The van der Waals surface area contributed by atoms with Gasteiger partial charge in [0.05, 0.1) is 0 Å². The van der Waals surface area contributed by atoms with E-state index in [1.807, 2.05) is 19.1 Å². The SMILES string of the molecule is CCCCC(CC)C(NCCC)c1ccc(F)c(C)c1. The Labute approximate surface area is 124 Å². The van der Waals surface area contributed by atoms with E-state index in [1.165, 1.54) is 24.8 Å². The van der Waals surface area contributed by atoms with Gasteiger partial charge in [-0.3, -0.25) is 0 Å². The second-order valence-corrected chi connectivity index (χ2v) is 5.75. The number of benzene rings is 1. The molecule has 0 spiro atoms. The van der Waals surface area contributed by atoms with E-state index in [0.717, 1.165) is 24.9 Å². The molecule has 2 atom stereocenters. The molecule has 1 rings (SSSR count). The fourth-order valence-electron chi connectivity index (χ4n) is 2.79. The van der Waals surface area contributed by atoms with Crippen LogP contribution in [-0.4, -0.2) is 6.54 Å². The quantitative estimate of drug-likeness (QED) is 0.639. The lowest BCUT2D eigenvalue weighted by Crippen LogP contribution is -2.29. The number of aryl methyl sites for hydroxylation is 1. The Balaban J connectivity index is 2.93. The predicted octanol–water partition coefficient (Wildman–Crippen LogP) is 5.39. The topological polar surface area (TPSA) is 12.0 Å². The molecule has 0 aromatic heterocycles. The molecule has 114 valence electrons. The van der Waals surface area contributed by atoms with Crippen molar-refractivity contribution in [2.75, 3.05) is 6.54 Å². The summed E-state index contributed by atoms with van der Waals surface area (Å²) in [6, 6.07) is 5.92. The summed E-state index contributed by atoms with van der Waals surface area (Å²) in [6.45, 7) is 9.56. The van der Waals surface area contributed by atoms with E-state index in [-0.39, 0.29) is 5.82 Å². The first-order valence-corrected chi connectivity index (χ1v) is 8.13. The summed E-state index contributed by atoms with van der Waals surface area (Å²) in [7, 11) is 0. The van der Waals surface area contributed by atoms with E-state index in [2.05, 4.69) is 26.1 Å². The van der Waals surface area contributed by atoms with Gasteiger partial charge in [-0.1, -0.05) is 52.2 Å². The van der Waals surface area contributed by atoms with Crippen LogP contribution in [0.5, 0.6) is 0 Å². The van der Waals surface area contributed by atoms with E-state index in [4.69, 9.17) is 0 Å². The van der Waals surface area contributed by atoms with Crippen LogP contribution in [0.3, 0.4) is 0 Å². The summed E-state index contributed by atoms with van der Waals surface area (Å²) in [4.78, 5) is 0. The van der Waals surface area contributed by atoms with Gasteiger partial charge in [-0.15, -0.1) is 0 Å². The molecule has 0 fully saturated rings. The molecule has 1 aromatic rings. The molecule has 0 saturated carbocycles. The van der Waals surface area contributed by atoms with Crippen LogP contribution in [0.2, 0.25) is 0 Å². The Kier molecular flexibility index (Phi) is 7.83. The second-order valence-electron chi connectivity index (χ2n) is 5.75. The first-order valence-electron chi connectivity index (χ1n) is 8.13. The molecular weight excluding hydrogens is 249 g/mol. The van der Waals surface area contributed by atoms with Crippen molar-refractivity contribution < 1.29 is 4.39 Å². The third-order valence-electron chi connectivity index (χ3n) is 4.08. The third-order valence-corrected chi connectivity index (χ3v) is 4.08. The number of rotatable bonds is 9. The van der Waals surface area contributed by atoms with Gasteiger partial charge in [0.15, 0.2) is 0 Å². The van der Waals surface area contributed by atoms with Gasteiger partial charge in [0.2, 0.25) is 0 Å². The maximum atomic E-state index is 13.5. The number of hydrogen-bond acceptors (Lipinski definition) is 1. The van der Waals surface area contributed by atoms with Crippen molar-refractivity contribution in [1.29, 1.82) is 0 Å². The largest absolute Gasteiger partial charge is 0.310 e. The zero-order valence-electron chi connectivity index (χ0n) is 13.5. The Bertz CT molecular complexity index is 389.